The van der Waals surface area contributed by atoms with Gasteiger partial charge in [0.25, 0.3) is 0 Å². The quantitative estimate of drug-likeness (QED) is 0.746. The molecule has 2 heterocycles. The minimum Gasteiger partial charge on any atom is -0.463 e. The van der Waals surface area contributed by atoms with Gasteiger partial charge in [-0.2, -0.15) is 0 Å². The van der Waals surface area contributed by atoms with E-state index >= 15 is 0 Å². The second kappa shape index (κ2) is 7.87. The van der Waals surface area contributed by atoms with Gasteiger partial charge < -0.3 is 14.4 Å². The Morgan fingerprint density at radius 1 is 1.00 bits per heavy atom. The van der Waals surface area contributed by atoms with Crippen LogP contribution in [0.3, 0.4) is 0 Å². The van der Waals surface area contributed by atoms with Crippen LogP contribution in [0, 0.1) is 6.92 Å². The van der Waals surface area contributed by atoms with Gasteiger partial charge in [-0.25, -0.2) is 9.59 Å². The van der Waals surface area contributed by atoms with E-state index in [1.54, 1.807) is 25.2 Å². The Morgan fingerprint density at radius 3 is 1.84 bits per heavy atom. The van der Waals surface area contributed by atoms with Gasteiger partial charge in [0.05, 0.1) is 30.3 Å². The molecule has 0 saturated heterocycles. The third-order valence-electron chi connectivity index (χ3n) is 4.40. The van der Waals surface area contributed by atoms with E-state index in [0.29, 0.717) is 11.1 Å². The molecular formula is C19H25NO4S. The molecule has 0 aliphatic carbocycles. The summed E-state index contributed by atoms with van der Waals surface area (Å²) in [6.07, 6.45) is 0. The van der Waals surface area contributed by atoms with E-state index in [2.05, 4.69) is 0 Å². The molecule has 0 fully saturated rings. The highest BCUT2D eigenvalue weighted by Gasteiger charge is 2.40. The molecule has 0 N–H and O–H groups in total. The van der Waals surface area contributed by atoms with Crippen LogP contribution in [-0.2, 0) is 19.1 Å². The molecule has 0 unspecified atom stereocenters. The smallest absolute Gasteiger partial charge is 0.336 e. The lowest BCUT2D eigenvalue weighted by Gasteiger charge is -2.35. The lowest BCUT2D eigenvalue weighted by atomic mass is 9.83. The topological polar surface area (TPSA) is 55.8 Å². The highest BCUT2D eigenvalue weighted by molar-refractivity contribution is 7.12. The molecule has 0 aromatic carbocycles. The van der Waals surface area contributed by atoms with Gasteiger partial charge in [-0.1, -0.05) is 0 Å². The number of esters is 2. The standard InChI is InChI=1S/C19H25NO4S/c1-7-23-18(21)15-12(4)20(6)13(5)16(19(22)24-8-2)17(15)14-10-9-11(3)25-14/h9-10,17H,7-8H2,1-6H3. The second-order valence-electron chi connectivity index (χ2n) is 5.88. The fourth-order valence-corrected chi connectivity index (χ4v) is 4.01. The number of hydrogen-bond acceptors (Lipinski definition) is 6. The third kappa shape index (κ3) is 3.63. The molecule has 1 aromatic heterocycles. The van der Waals surface area contributed by atoms with Gasteiger partial charge in [-0.05, 0) is 46.8 Å². The van der Waals surface area contributed by atoms with Crippen molar-refractivity contribution in [3.63, 3.8) is 0 Å². The molecule has 1 aromatic rings. The number of allylic oxidation sites excluding steroid dienone is 2. The van der Waals surface area contributed by atoms with E-state index in [9.17, 15) is 9.59 Å². The molecule has 5 nitrogen and oxygen atoms in total. The number of rotatable bonds is 5. The van der Waals surface area contributed by atoms with Crippen molar-refractivity contribution < 1.29 is 19.1 Å². The fraction of sp³-hybridized carbons (Fsp3) is 0.474. The summed E-state index contributed by atoms with van der Waals surface area (Å²) < 4.78 is 10.6. The van der Waals surface area contributed by atoms with Crippen LogP contribution >= 0.6 is 11.3 Å². The van der Waals surface area contributed by atoms with Crippen molar-refractivity contribution in [2.24, 2.45) is 0 Å². The van der Waals surface area contributed by atoms with Crippen LogP contribution in [-0.4, -0.2) is 37.1 Å². The first kappa shape index (κ1) is 19.2. The molecule has 0 radical (unpaired) electrons. The van der Waals surface area contributed by atoms with Crippen molar-refractivity contribution in [3.05, 3.63) is 44.4 Å². The summed E-state index contributed by atoms with van der Waals surface area (Å²) in [5.41, 5.74) is 2.58. The van der Waals surface area contributed by atoms with Crippen molar-refractivity contribution in [3.8, 4) is 0 Å². The number of carbonyl (C=O) groups excluding carboxylic acids is 2. The molecule has 6 heteroatoms. The van der Waals surface area contributed by atoms with Gasteiger partial charge in [0, 0.05) is 28.2 Å². The Hall–Kier alpha value is -2.08. The molecular weight excluding hydrogens is 338 g/mol. The predicted octanol–water partition coefficient (Wildman–Crippen LogP) is 3.76. The number of thiophene rings is 1. The van der Waals surface area contributed by atoms with E-state index < -0.39 is 17.9 Å². The van der Waals surface area contributed by atoms with E-state index in [-0.39, 0.29) is 13.2 Å². The molecule has 136 valence electrons. The first-order valence-electron chi connectivity index (χ1n) is 8.39. The molecule has 25 heavy (non-hydrogen) atoms. The van der Waals surface area contributed by atoms with E-state index in [1.165, 1.54) is 0 Å². The third-order valence-corrected chi connectivity index (χ3v) is 5.47. The number of carbonyl (C=O) groups is 2. The minimum atomic E-state index is -0.465. The maximum Gasteiger partial charge on any atom is 0.336 e. The lowest BCUT2D eigenvalue weighted by molar-refractivity contribution is -0.139. The molecule has 0 bridgehead atoms. The fourth-order valence-electron chi connectivity index (χ4n) is 3.02. The van der Waals surface area contributed by atoms with Crippen LogP contribution in [0.5, 0.6) is 0 Å². The molecule has 2 rings (SSSR count). The number of aryl methyl sites for hydroxylation is 1. The monoisotopic (exact) mass is 363 g/mol. The van der Waals surface area contributed by atoms with E-state index in [1.807, 2.05) is 44.9 Å². The molecule has 0 saturated carbocycles. The first-order valence-corrected chi connectivity index (χ1v) is 9.20. The van der Waals surface area contributed by atoms with E-state index in [0.717, 1.165) is 21.1 Å². The highest BCUT2D eigenvalue weighted by atomic mass is 32.1. The normalized spacial score (nSPS) is 15.7. The van der Waals surface area contributed by atoms with Crippen LogP contribution in [0.25, 0.3) is 0 Å². The van der Waals surface area contributed by atoms with Gasteiger partial charge in [0.2, 0.25) is 0 Å². The summed E-state index contributed by atoms with van der Waals surface area (Å²) in [5, 5.41) is 0. The van der Waals surface area contributed by atoms with Gasteiger partial charge in [-0.15, -0.1) is 11.3 Å². The molecule has 0 atom stereocenters. The van der Waals surface area contributed by atoms with Gasteiger partial charge >= 0.3 is 11.9 Å². The number of ether oxygens (including phenoxy) is 2. The van der Waals surface area contributed by atoms with Gasteiger partial charge in [-0.3, -0.25) is 0 Å². The van der Waals surface area contributed by atoms with Crippen LogP contribution in [0.2, 0.25) is 0 Å². The average molecular weight is 363 g/mol. The SMILES string of the molecule is CCOC(=O)C1=C(C)N(C)C(C)=C(C(=O)OCC)C1c1ccc(C)s1. The number of hydrogen-bond donors (Lipinski definition) is 0. The summed E-state index contributed by atoms with van der Waals surface area (Å²) in [6.45, 7) is 9.89. The van der Waals surface area contributed by atoms with Crippen molar-refractivity contribution in [1.82, 2.24) is 4.90 Å². The summed E-state index contributed by atoms with van der Waals surface area (Å²) in [4.78, 5) is 29.3. The van der Waals surface area contributed by atoms with E-state index in [4.69, 9.17) is 9.47 Å². The van der Waals surface area contributed by atoms with Crippen LogP contribution in [0.15, 0.2) is 34.7 Å². The van der Waals surface area contributed by atoms with Gasteiger partial charge in [0.15, 0.2) is 0 Å². The zero-order valence-electron chi connectivity index (χ0n) is 15.6. The van der Waals surface area contributed by atoms with Crippen LogP contribution < -0.4 is 0 Å². The average Bonchev–Trinajstić information content (AvgIpc) is 2.98. The van der Waals surface area contributed by atoms with Crippen molar-refractivity contribution in [2.45, 2.75) is 40.5 Å². The summed E-state index contributed by atoms with van der Waals surface area (Å²) in [7, 11) is 1.85. The Bertz CT molecular complexity index is 702. The maximum absolute atomic E-state index is 12.7. The Kier molecular flexibility index (Phi) is 6.06. The largest absolute Gasteiger partial charge is 0.463 e. The minimum absolute atomic E-state index is 0.285. The Morgan fingerprint density at radius 2 is 1.48 bits per heavy atom. The van der Waals surface area contributed by atoms with Crippen LogP contribution in [0.1, 0.15) is 43.4 Å². The van der Waals surface area contributed by atoms with Crippen molar-refractivity contribution in [2.75, 3.05) is 20.3 Å². The maximum atomic E-state index is 12.7. The zero-order chi connectivity index (χ0) is 18.7. The highest BCUT2D eigenvalue weighted by Crippen LogP contribution is 2.44. The lowest BCUT2D eigenvalue weighted by Crippen LogP contribution is -2.33. The Labute approximate surface area is 152 Å². The van der Waals surface area contributed by atoms with Gasteiger partial charge in [0.1, 0.15) is 0 Å². The van der Waals surface area contributed by atoms with Crippen molar-refractivity contribution >= 4 is 23.3 Å². The summed E-state index contributed by atoms with van der Waals surface area (Å²) in [6, 6.07) is 3.96. The molecule has 0 spiro atoms. The summed E-state index contributed by atoms with van der Waals surface area (Å²) in [5.74, 6) is -1.25. The first-order chi connectivity index (χ1) is 11.8. The van der Waals surface area contributed by atoms with Crippen LogP contribution in [0.4, 0.5) is 0 Å². The second-order valence-corrected chi connectivity index (χ2v) is 7.20. The van der Waals surface area contributed by atoms with Crippen molar-refractivity contribution in [1.29, 1.82) is 0 Å². The molecule has 1 aliphatic heterocycles. The molecule has 0 amide bonds. The Balaban J connectivity index is 2.67. The predicted molar refractivity (Wildman–Crippen MR) is 98.2 cm³/mol. The summed E-state index contributed by atoms with van der Waals surface area (Å²) >= 11 is 1.58. The molecule has 1 aliphatic rings. The zero-order valence-corrected chi connectivity index (χ0v) is 16.5. The number of nitrogens with zero attached hydrogens (tertiary/aromatic N) is 1.